The van der Waals surface area contributed by atoms with E-state index < -0.39 is 81.6 Å². The third-order valence-electron chi connectivity index (χ3n) is 9.20. The summed E-state index contributed by atoms with van der Waals surface area (Å²) in [6.07, 6.45) is -1.53. The normalized spacial score (nSPS) is 17.8. The number of aryl methyl sites for hydroxylation is 1. The lowest BCUT2D eigenvalue weighted by atomic mass is 9.93. The third-order valence-corrected chi connectivity index (χ3v) is 10.1. The highest BCUT2D eigenvalue weighted by atomic mass is 35.5. The van der Waals surface area contributed by atoms with Crippen LogP contribution in [-0.2, 0) is 40.8 Å². The maximum absolute atomic E-state index is 15.3. The van der Waals surface area contributed by atoms with Crippen molar-refractivity contribution in [2.24, 2.45) is 18.7 Å². The number of sulfonamides is 1. The number of halogens is 7. The number of benzene rings is 2. The van der Waals surface area contributed by atoms with Crippen LogP contribution >= 0.6 is 11.6 Å². The molecule has 0 aliphatic heterocycles. The first-order valence-corrected chi connectivity index (χ1v) is 18.1. The monoisotopic (exact) mass is 780 g/mol. The molecular weight excluding hydrogens is 754 g/mol. The number of rotatable bonds is 11. The fourth-order valence-corrected chi connectivity index (χ4v) is 7.82. The highest BCUT2D eigenvalue weighted by molar-refractivity contribution is 7.92. The van der Waals surface area contributed by atoms with Crippen LogP contribution in [0.2, 0.25) is 5.02 Å². The van der Waals surface area contributed by atoms with Crippen LogP contribution in [-0.4, -0.2) is 51.0 Å². The average molecular weight is 781 g/mol. The van der Waals surface area contributed by atoms with E-state index in [2.05, 4.69) is 25.2 Å². The van der Waals surface area contributed by atoms with Gasteiger partial charge in [-0.2, -0.15) is 19.0 Å². The molecule has 2 aliphatic rings. The average Bonchev–Trinajstić information content (AvgIpc) is 3.59. The van der Waals surface area contributed by atoms with E-state index >= 15 is 8.78 Å². The Morgan fingerprint density at radius 3 is 2.42 bits per heavy atom. The SMILES string of the molecule is Cn1nc(NS(C)(=O)=O)c2c(Cl)ccc(-c3cc(C(N)=O)cnc3[C@H](Cc3cc(F)cc(F)c3)NC(=O)Cn3nc(C(F)F)c4c3C(F)(F)C3C[C@H]43)c21. The topological polar surface area (TPSA) is 167 Å². The molecule has 3 atom stereocenters. The Morgan fingerprint density at radius 2 is 1.77 bits per heavy atom. The molecule has 4 N–H and O–H groups in total. The Kier molecular flexibility index (Phi) is 8.71. The molecule has 1 saturated carbocycles. The highest BCUT2D eigenvalue weighted by Crippen LogP contribution is 2.68. The lowest BCUT2D eigenvalue weighted by Crippen LogP contribution is -2.35. The number of aromatic nitrogens is 5. The summed E-state index contributed by atoms with van der Waals surface area (Å²) in [5.41, 5.74) is 4.16. The summed E-state index contributed by atoms with van der Waals surface area (Å²) in [7, 11) is -2.37. The number of anilines is 1. The van der Waals surface area contributed by atoms with Crippen molar-refractivity contribution in [3.05, 3.63) is 93.0 Å². The van der Waals surface area contributed by atoms with Crippen molar-refractivity contribution in [1.29, 1.82) is 0 Å². The Hall–Kier alpha value is -5.17. The molecule has 0 bridgehead atoms. The zero-order valence-corrected chi connectivity index (χ0v) is 29.0. The summed E-state index contributed by atoms with van der Waals surface area (Å²) >= 11 is 6.51. The number of amides is 2. The van der Waals surface area contributed by atoms with E-state index in [4.69, 9.17) is 17.3 Å². The summed E-state index contributed by atoms with van der Waals surface area (Å²) in [5, 5.41) is 10.8. The predicted molar refractivity (Wildman–Crippen MR) is 179 cm³/mol. The zero-order valence-electron chi connectivity index (χ0n) is 27.5. The lowest BCUT2D eigenvalue weighted by molar-refractivity contribution is -0.123. The van der Waals surface area contributed by atoms with Crippen molar-refractivity contribution < 1.29 is 44.3 Å². The van der Waals surface area contributed by atoms with Gasteiger partial charge in [-0.05, 0) is 48.6 Å². The summed E-state index contributed by atoms with van der Waals surface area (Å²) < 4.78 is 116. The van der Waals surface area contributed by atoms with E-state index in [0.29, 0.717) is 10.7 Å². The molecule has 0 saturated heterocycles. The molecule has 2 amide bonds. The van der Waals surface area contributed by atoms with Crippen molar-refractivity contribution in [2.45, 2.75) is 43.7 Å². The van der Waals surface area contributed by atoms with Crippen molar-refractivity contribution in [2.75, 3.05) is 11.0 Å². The molecule has 0 radical (unpaired) electrons. The van der Waals surface area contributed by atoms with Gasteiger partial charge >= 0.3 is 0 Å². The van der Waals surface area contributed by atoms with E-state index in [1.54, 1.807) is 0 Å². The van der Waals surface area contributed by atoms with Crippen molar-refractivity contribution in [3.8, 4) is 11.1 Å². The van der Waals surface area contributed by atoms with E-state index in [1.165, 1.54) is 29.9 Å². The van der Waals surface area contributed by atoms with Crippen LogP contribution in [0.15, 0.2) is 42.6 Å². The highest BCUT2D eigenvalue weighted by Gasteiger charge is 2.67. The third kappa shape index (κ3) is 6.55. The van der Waals surface area contributed by atoms with E-state index in [1.807, 2.05) is 0 Å². The maximum Gasteiger partial charge on any atom is 0.293 e. The number of hydrogen-bond donors (Lipinski definition) is 3. The minimum absolute atomic E-state index is 0.0140. The Balaban J connectivity index is 1.36. The van der Waals surface area contributed by atoms with Gasteiger partial charge < -0.3 is 11.1 Å². The van der Waals surface area contributed by atoms with Crippen LogP contribution in [0.5, 0.6) is 0 Å². The molecule has 7 rings (SSSR count). The Bertz CT molecular complexity index is 2450. The summed E-state index contributed by atoms with van der Waals surface area (Å²) in [5.74, 6) is -9.43. The molecule has 5 aromatic rings. The number of alkyl halides is 4. The number of hydrogen-bond acceptors (Lipinski definition) is 7. The van der Waals surface area contributed by atoms with Gasteiger partial charge in [-0.3, -0.25) is 28.7 Å². The van der Waals surface area contributed by atoms with Crippen LogP contribution in [0.3, 0.4) is 0 Å². The number of nitrogens with two attached hydrogens (primary N) is 1. The minimum Gasteiger partial charge on any atom is -0.366 e. The second-order valence-electron chi connectivity index (χ2n) is 13.0. The van der Waals surface area contributed by atoms with Gasteiger partial charge in [-0.25, -0.2) is 26.0 Å². The van der Waals surface area contributed by atoms with Gasteiger partial charge in [0.15, 0.2) is 5.82 Å². The second-order valence-corrected chi connectivity index (χ2v) is 15.1. The van der Waals surface area contributed by atoms with Gasteiger partial charge in [0.05, 0.1) is 39.5 Å². The van der Waals surface area contributed by atoms with Gasteiger partial charge in [-0.1, -0.05) is 17.7 Å². The maximum atomic E-state index is 15.3. The summed E-state index contributed by atoms with van der Waals surface area (Å²) in [6, 6.07) is 5.50. The Labute approximate surface area is 301 Å². The van der Waals surface area contributed by atoms with Crippen molar-refractivity contribution in [3.63, 3.8) is 0 Å². The van der Waals surface area contributed by atoms with Crippen LogP contribution in [0.1, 0.15) is 63.4 Å². The molecular formula is C33H27ClF6N8O4S. The fraction of sp³-hybridized carbons (Fsp3) is 0.303. The number of carbonyl (C=O) groups excluding carboxylic acids is 2. The van der Waals surface area contributed by atoms with Crippen LogP contribution in [0, 0.1) is 17.6 Å². The molecule has 1 unspecified atom stereocenters. The van der Waals surface area contributed by atoms with Gasteiger partial charge in [0, 0.05) is 41.9 Å². The van der Waals surface area contributed by atoms with Crippen LogP contribution in [0.4, 0.5) is 32.2 Å². The van der Waals surface area contributed by atoms with Gasteiger partial charge in [0.1, 0.15) is 29.6 Å². The molecule has 20 heteroatoms. The molecule has 2 aromatic carbocycles. The number of nitrogens with one attached hydrogen (secondary N) is 2. The van der Waals surface area contributed by atoms with Crippen LogP contribution < -0.4 is 15.8 Å². The van der Waals surface area contributed by atoms with E-state index in [-0.39, 0.29) is 68.1 Å². The largest absolute Gasteiger partial charge is 0.366 e. The number of carbonyl (C=O) groups is 2. The van der Waals surface area contributed by atoms with Crippen LogP contribution in [0.25, 0.3) is 22.0 Å². The van der Waals surface area contributed by atoms with Gasteiger partial charge in [-0.15, -0.1) is 0 Å². The fourth-order valence-electron chi connectivity index (χ4n) is 7.08. The van der Waals surface area contributed by atoms with E-state index in [0.717, 1.165) is 24.6 Å². The summed E-state index contributed by atoms with van der Waals surface area (Å²) in [4.78, 5) is 30.5. The van der Waals surface area contributed by atoms with Gasteiger partial charge in [0.25, 0.3) is 12.3 Å². The molecule has 53 heavy (non-hydrogen) atoms. The minimum atomic E-state index is -3.85. The predicted octanol–water partition coefficient (Wildman–Crippen LogP) is 5.48. The molecule has 1 fully saturated rings. The molecule has 12 nitrogen and oxygen atoms in total. The number of fused-ring (bicyclic) bond motifs is 4. The quantitative estimate of drug-likeness (QED) is 0.149. The Morgan fingerprint density at radius 1 is 1.08 bits per heavy atom. The zero-order chi connectivity index (χ0) is 38.3. The lowest BCUT2D eigenvalue weighted by Gasteiger charge is -2.23. The first kappa shape index (κ1) is 36.2. The first-order chi connectivity index (χ1) is 24.8. The summed E-state index contributed by atoms with van der Waals surface area (Å²) in [6.45, 7) is -0.930. The van der Waals surface area contributed by atoms with Gasteiger partial charge in [0.2, 0.25) is 21.8 Å². The molecule has 3 aromatic heterocycles. The van der Waals surface area contributed by atoms with E-state index in [9.17, 15) is 35.6 Å². The molecule has 2 aliphatic carbocycles. The first-order valence-electron chi connectivity index (χ1n) is 15.8. The molecule has 278 valence electrons. The van der Waals surface area contributed by atoms with Crippen molar-refractivity contribution in [1.82, 2.24) is 29.9 Å². The molecule has 3 heterocycles. The number of nitrogens with zero attached hydrogens (tertiary/aromatic N) is 5. The van der Waals surface area contributed by atoms with Crippen molar-refractivity contribution >= 4 is 50.2 Å². The number of primary amides is 1. The smallest absolute Gasteiger partial charge is 0.293 e. The standard InChI is InChI=1S/C33H27ClF6N8O4S/c1-47-28-17(3-4-21(34)25(28)32(45-47)46-53(2,51)52)18-8-14(31(41)50)11-42-26(18)22(7-13-5-15(35)9-16(36)6-13)43-23(49)12-48-29-24(27(44-48)30(37)38)19-10-20(19)33(29,39)40/h3-6,8-9,11,19-20,22,30H,7,10,12H2,1-2H3,(H2,41,50)(H,43,49)(H,45,46)/t19-,20?,22-/m0/s1. The number of pyridine rings is 1. The molecule has 0 spiro atoms. The second kappa shape index (κ2) is 12.8.